The Hall–Kier alpha value is -1.40. The predicted molar refractivity (Wildman–Crippen MR) is 72.3 cm³/mol. The van der Waals surface area contributed by atoms with Gasteiger partial charge < -0.3 is 5.73 Å². The van der Waals surface area contributed by atoms with E-state index in [1.165, 1.54) is 16.7 Å². The number of rotatable bonds is 5. The molecule has 1 heterocycles. The van der Waals surface area contributed by atoms with E-state index >= 15 is 0 Å². The van der Waals surface area contributed by atoms with E-state index in [1.807, 2.05) is 0 Å². The lowest BCUT2D eigenvalue weighted by molar-refractivity contribution is 0.557. The third-order valence-corrected chi connectivity index (χ3v) is 3.81. The van der Waals surface area contributed by atoms with Crippen molar-refractivity contribution in [2.45, 2.75) is 31.3 Å². The molecule has 0 aliphatic heterocycles. The summed E-state index contributed by atoms with van der Waals surface area (Å²) in [5, 5.41) is 12.4. The van der Waals surface area contributed by atoms with Gasteiger partial charge in [-0.1, -0.05) is 30.0 Å². The zero-order valence-corrected chi connectivity index (χ0v) is 11.4. The minimum absolute atomic E-state index is 0.544. The van der Waals surface area contributed by atoms with E-state index in [0.717, 1.165) is 10.9 Å². The molecule has 0 spiro atoms. The number of aryl methyl sites for hydroxylation is 2. The van der Waals surface area contributed by atoms with Crippen molar-refractivity contribution >= 4 is 11.8 Å². The molecule has 2 aromatic rings. The molecule has 0 fully saturated rings. The van der Waals surface area contributed by atoms with Crippen molar-refractivity contribution in [3.63, 3.8) is 0 Å². The number of nitrogens with two attached hydrogens (primary N) is 1. The third kappa shape index (κ3) is 2.88. The van der Waals surface area contributed by atoms with Crippen LogP contribution in [0.5, 0.6) is 0 Å². The Kier molecular flexibility index (Phi) is 4.33. The molecule has 2 N–H and O–H groups in total. The molecule has 0 saturated carbocycles. The molecule has 0 aliphatic carbocycles. The van der Waals surface area contributed by atoms with Crippen molar-refractivity contribution in [2.24, 2.45) is 5.73 Å². The highest BCUT2D eigenvalue weighted by Gasteiger charge is 2.08. The van der Waals surface area contributed by atoms with Gasteiger partial charge in [0.05, 0.1) is 6.54 Å². The highest BCUT2D eigenvalue weighted by atomic mass is 32.2. The van der Waals surface area contributed by atoms with Gasteiger partial charge in [-0.25, -0.2) is 4.68 Å². The molecule has 18 heavy (non-hydrogen) atoms. The zero-order chi connectivity index (χ0) is 13.0. The molecule has 0 aliphatic rings. The lowest BCUT2D eigenvalue weighted by Gasteiger charge is -2.08. The molecule has 0 unspecified atom stereocenters. The summed E-state index contributed by atoms with van der Waals surface area (Å²) in [5.41, 5.74) is 9.48. The Morgan fingerprint density at radius 1 is 1.28 bits per heavy atom. The van der Waals surface area contributed by atoms with Gasteiger partial charge in [0.1, 0.15) is 0 Å². The molecule has 5 nitrogen and oxygen atoms in total. The Labute approximate surface area is 111 Å². The largest absolute Gasteiger partial charge is 0.329 e. The number of nitrogens with zero attached hydrogens (tertiary/aromatic N) is 4. The summed E-state index contributed by atoms with van der Waals surface area (Å²) in [6.45, 7) is 5.46. The molecule has 6 heteroatoms. The van der Waals surface area contributed by atoms with Gasteiger partial charge in [0.2, 0.25) is 5.16 Å². The van der Waals surface area contributed by atoms with Crippen molar-refractivity contribution < 1.29 is 0 Å². The van der Waals surface area contributed by atoms with Crippen LogP contribution in [0.3, 0.4) is 0 Å². The molecule has 1 aromatic heterocycles. The molecular formula is C12H17N5S. The summed E-state index contributed by atoms with van der Waals surface area (Å²) < 4.78 is 1.75. The standard InChI is InChI=1S/C12H17N5S/c1-9-4-3-5-10(2)11(9)8-18-12-14-15-16-17(12)7-6-13/h3-5H,6-8,13H2,1-2H3. The van der Waals surface area contributed by atoms with Gasteiger partial charge in [-0.05, 0) is 41.0 Å². The fraction of sp³-hybridized carbons (Fsp3) is 0.417. The molecule has 0 radical (unpaired) electrons. The van der Waals surface area contributed by atoms with E-state index in [2.05, 4.69) is 47.6 Å². The quantitative estimate of drug-likeness (QED) is 0.829. The molecule has 2 rings (SSSR count). The molecule has 0 atom stereocenters. The second kappa shape index (κ2) is 5.97. The lowest BCUT2D eigenvalue weighted by atomic mass is 10.1. The van der Waals surface area contributed by atoms with Gasteiger partial charge in [-0.3, -0.25) is 0 Å². The van der Waals surface area contributed by atoms with Crippen LogP contribution in [0, 0.1) is 13.8 Å². The first-order valence-electron chi connectivity index (χ1n) is 5.86. The first kappa shape index (κ1) is 13.0. The molecular weight excluding hydrogens is 246 g/mol. The van der Waals surface area contributed by atoms with Crippen molar-refractivity contribution in [1.82, 2.24) is 20.2 Å². The number of hydrogen-bond acceptors (Lipinski definition) is 5. The number of aromatic nitrogens is 4. The van der Waals surface area contributed by atoms with Crippen molar-refractivity contribution in [3.8, 4) is 0 Å². The SMILES string of the molecule is Cc1cccc(C)c1CSc1nnnn1CCN. The topological polar surface area (TPSA) is 69.6 Å². The minimum atomic E-state index is 0.544. The summed E-state index contributed by atoms with van der Waals surface area (Å²) in [4.78, 5) is 0. The number of benzene rings is 1. The summed E-state index contributed by atoms with van der Waals surface area (Å²) in [5.74, 6) is 0.878. The molecule has 1 aromatic carbocycles. The van der Waals surface area contributed by atoms with Gasteiger partial charge in [-0.15, -0.1) is 5.10 Å². The number of thioether (sulfide) groups is 1. The van der Waals surface area contributed by atoms with Gasteiger partial charge in [0, 0.05) is 12.3 Å². The second-order valence-electron chi connectivity index (χ2n) is 4.13. The molecule has 96 valence electrons. The molecule has 0 amide bonds. The van der Waals surface area contributed by atoms with Crippen LogP contribution in [0.2, 0.25) is 0 Å². The third-order valence-electron chi connectivity index (χ3n) is 2.83. The Morgan fingerprint density at radius 2 is 2.00 bits per heavy atom. The smallest absolute Gasteiger partial charge is 0.209 e. The van der Waals surface area contributed by atoms with Gasteiger partial charge >= 0.3 is 0 Å². The summed E-state index contributed by atoms with van der Waals surface area (Å²) in [6, 6.07) is 6.34. The number of tetrazole rings is 1. The van der Waals surface area contributed by atoms with E-state index in [-0.39, 0.29) is 0 Å². The van der Waals surface area contributed by atoms with Gasteiger partial charge in [0.25, 0.3) is 0 Å². The normalized spacial score (nSPS) is 10.8. The van der Waals surface area contributed by atoms with Crippen LogP contribution in [0.4, 0.5) is 0 Å². The van der Waals surface area contributed by atoms with Crippen LogP contribution >= 0.6 is 11.8 Å². The lowest BCUT2D eigenvalue weighted by Crippen LogP contribution is -2.12. The fourth-order valence-corrected chi connectivity index (χ4v) is 2.88. The molecule has 0 saturated heterocycles. The first-order valence-corrected chi connectivity index (χ1v) is 6.85. The van der Waals surface area contributed by atoms with E-state index in [0.29, 0.717) is 13.1 Å². The Bertz CT molecular complexity index is 503. The van der Waals surface area contributed by atoms with E-state index < -0.39 is 0 Å². The van der Waals surface area contributed by atoms with Crippen molar-refractivity contribution in [2.75, 3.05) is 6.54 Å². The van der Waals surface area contributed by atoms with Crippen LogP contribution in [-0.4, -0.2) is 26.8 Å². The van der Waals surface area contributed by atoms with E-state index in [4.69, 9.17) is 5.73 Å². The monoisotopic (exact) mass is 263 g/mol. The molecule has 0 bridgehead atoms. The van der Waals surface area contributed by atoms with Crippen molar-refractivity contribution in [1.29, 1.82) is 0 Å². The van der Waals surface area contributed by atoms with Crippen LogP contribution in [0.15, 0.2) is 23.4 Å². The highest BCUT2D eigenvalue weighted by molar-refractivity contribution is 7.98. The summed E-state index contributed by atoms with van der Waals surface area (Å²) >= 11 is 1.65. The second-order valence-corrected chi connectivity index (χ2v) is 5.07. The maximum atomic E-state index is 5.52. The Morgan fingerprint density at radius 3 is 2.67 bits per heavy atom. The Balaban J connectivity index is 2.09. The minimum Gasteiger partial charge on any atom is -0.329 e. The summed E-state index contributed by atoms with van der Waals surface area (Å²) in [6.07, 6.45) is 0. The van der Waals surface area contributed by atoms with E-state index in [9.17, 15) is 0 Å². The zero-order valence-electron chi connectivity index (χ0n) is 10.6. The number of hydrogen-bond donors (Lipinski definition) is 1. The predicted octanol–water partition coefficient (Wildman–Crippen LogP) is 1.54. The van der Waals surface area contributed by atoms with Crippen LogP contribution < -0.4 is 5.73 Å². The fourth-order valence-electron chi connectivity index (χ4n) is 1.78. The van der Waals surface area contributed by atoms with Crippen molar-refractivity contribution in [3.05, 3.63) is 34.9 Å². The van der Waals surface area contributed by atoms with E-state index in [1.54, 1.807) is 16.4 Å². The van der Waals surface area contributed by atoms with Crippen LogP contribution in [-0.2, 0) is 12.3 Å². The van der Waals surface area contributed by atoms with Gasteiger partial charge in [0.15, 0.2) is 0 Å². The average Bonchev–Trinajstić information content (AvgIpc) is 2.77. The van der Waals surface area contributed by atoms with Gasteiger partial charge in [-0.2, -0.15) is 0 Å². The maximum Gasteiger partial charge on any atom is 0.209 e. The summed E-state index contributed by atoms with van der Waals surface area (Å²) in [7, 11) is 0. The first-order chi connectivity index (χ1) is 8.72. The van der Waals surface area contributed by atoms with Crippen LogP contribution in [0.1, 0.15) is 16.7 Å². The highest BCUT2D eigenvalue weighted by Crippen LogP contribution is 2.24. The maximum absolute atomic E-state index is 5.52. The van der Waals surface area contributed by atoms with Crippen LogP contribution in [0.25, 0.3) is 0 Å². The average molecular weight is 263 g/mol.